The van der Waals surface area contributed by atoms with Crippen LogP contribution in [0.5, 0.6) is 17.2 Å². The number of para-hydroxylation sites is 1. The molecule has 8 nitrogen and oxygen atoms in total. The third kappa shape index (κ3) is 6.46. The summed E-state index contributed by atoms with van der Waals surface area (Å²) in [6.45, 7) is 0.267. The molecule has 2 N–H and O–H groups in total. The third-order valence-electron chi connectivity index (χ3n) is 4.64. The minimum Gasteiger partial charge on any atom is -0.454 e. The van der Waals surface area contributed by atoms with Gasteiger partial charge >= 0.3 is 6.61 Å². The van der Waals surface area contributed by atoms with E-state index in [9.17, 15) is 8.78 Å². The molecule has 0 bridgehead atoms. The first-order valence-electron chi connectivity index (χ1n) is 10.1. The Morgan fingerprint density at radius 2 is 1.94 bits per heavy atom. The van der Waals surface area contributed by atoms with Gasteiger partial charge in [-0.3, -0.25) is 0 Å². The molecule has 33 heavy (non-hydrogen) atoms. The quantitative estimate of drug-likeness (QED) is 0.241. The second-order valence-corrected chi connectivity index (χ2v) is 6.87. The van der Waals surface area contributed by atoms with Gasteiger partial charge in [-0.15, -0.1) is 24.0 Å². The predicted molar refractivity (Wildman–Crippen MR) is 130 cm³/mol. The molecule has 0 saturated heterocycles. The molecular weight excluding hydrogens is 547 g/mol. The van der Waals surface area contributed by atoms with Crippen LogP contribution < -0.4 is 24.8 Å². The number of nitrogens with zero attached hydrogens (tertiary/aromatic N) is 3. The maximum atomic E-state index is 12.8. The normalized spacial score (nSPS) is 12.4. The number of aromatic nitrogens is 2. The average molecular weight is 571 g/mol. The van der Waals surface area contributed by atoms with Gasteiger partial charge in [-0.25, -0.2) is 9.67 Å². The molecular formula is C22H24F2IN5O3. The SMILES string of the molecule is CCNC(=NCc1cnn(-c2ccccc2)c1)NCc1cc2c(cc1OC(F)F)OCO2.I. The summed E-state index contributed by atoms with van der Waals surface area (Å²) < 4.78 is 42.7. The van der Waals surface area contributed by atoms with Gasteiger partial charge < -0.3 is 24.8 Å². The van der Waals surface area contributed by atoms with E-state index in [1.165, 1.54) is 6.07 Å². The lowest BCUT2D eigenvalue weighted by atomic mass is 10.1. The van der Waals surface area contributed by atoms with E-state index in [0.717, 1.165) is 11.3 Å². The van der Waals surface area contributed by atoms with Crippen molar-refractivity contribution in [1.82, 2.24) is 20.4 Å². The van der Waals surface area contributed by atoms with Gasteiger partial charge in [0.05, 0.1) is 18.4 Å². The van der Waals surface area contributed by atoms with Crippen LogP contribution in [0.25, 0.3) is 5.69 Å². The summed E-state index contributed by atoms with van der Waals surface area (Å²) in [7, 11) is 0. The molecule has 1 aliphatic rings. The van der Waals surface area contributed by atoms with Crippen molar-refractivity contribution >= 4 is 29.9 Å². The molecule has 0 unspecified atom stereocenters. The molecule has 176 valence electrons. The van der Waals surface area contributed by atoms with Crippen LogP contribution in [-0.2, 0) is 13.1 Å². The average Bonchev–Trinajstić information content (AvgIpc) is 3.45. The zero-order valence-electron chi connectivity index (χ0n) is 17.8. The van der Waals surface area contributed by atoms with Crippen molar-refractivity contribution in [3.8, 4) is 22.9 Å². The highest BCUT2D eigenvalue weighted by Gasteiger charge is 2.20. The zero-order chi connectivity index (χ0) is 22.3. The van der Waals surface area contributed by atoms with Crippen molar-refractivity contribution in [3.05, 3.63) is 66.0 Å². The van der Waals surface area contributed by atoms with E-state index in [1.807, 2.05) is 43.5 Å². The Bertz CT molecular complexity index is 1080. The topological polar surface area (TPSA) is 81.9 Å². The first kappa shape index (κ1) is 24.6. The van der Waals surface area contributed by atoms with Gasteiger partial charge in [-0.2, -0.15) is 13.9 Å². The summed E-state index contributed by atoms with van der Waals surface area (Å²) in [5, 5.41) is 10.7. The molecule has 0 radical (unpaired) electrons. The molecule has 0 atom stereocenters. The van der Waals surface area contributed by atoms with Crippen LogP contribution in [0.3, 0.4) is 0 Å². The fourth-order valence-electron chi connectivity index (χ4n) is 3.16. The highest BCUT2D eigenvalue weighted by atomic mass is 127. The Labute approximate surface area is 207 Å². The number of benzene rings is 2. The van der Waals surface area contributed by atoms with Gasteiger partial charge in [0.25, 0.3) is 0 Å². The molecule has 0 fully saturated rings. The van der Waals surface area contributed by atoms with E-state index in [1.54, 1.807) is 16.9 Å². The maximum Gasteiger partial charge on any atom is 0.387 e. The van der Waals surface area contributed by atoms with E-state index in [2.05, 4.69) is 25.5 Å². The number of nitrogens with one attached hydrogen (secondary N) is 2. The van der Waals surface area contributed by atoms with Gasteiger partial charge in [0.15, 0.2) is 17.5 Å². The van der Waals surface area contributed by atoms with Gasteiger partial charge in [0, 0.05) is 36.5 Å². The number of rotatable bonds is 8. The van der Waals surface area contributed by atoms with E-state index < -0.39 is 6.61 Å². The van der Waals surface area contributed by atoms with Gasteiger partial charge in [-0.1, -0.05) is 18.2 Å². The Hall–Kier alpha value is -3.09. The van der Waals surface area contributed by atoms with Crippen molar-refractivity contribution in [2.45, 2.75) is 26.6 Å². The molecule has 0 amide bonds. The largest absolute Gasteiger partial charge is 0.454 e. The molecule has 1 aromatic heterocycles. The summed E-state index contributed by atoms with van der Waals surface area (Å²) in [4.78, 5) is 4.57. The molecule has 0 aliphatic carbocycles. The summed E-state index contributed by atoms with van der Waals surface area (Å²) >= 11 is 0. The van der Waals surface area contributed by atoms with Crippen LogP contribution in [0.4, 0.5) is 8.78 Å². The summed E-state index contributed by atoms with van der Waals surface area (Å²) in [5.74, 6) is 1.41. The van der Waals surface area contributed by atoms with Crippen LogP contribution >= 0.6 is 24.0 Å². The van der Waals surface area contributed by atoms with Crippen LogP contribution in [-0.4, -0.2) is 35.7 Å². The highest BCUT2D eigenvalue weighted by molar-refractivity contribution is 14.0. The number of ether oxygens (including phenoxy) is 3. The van der Waals surface area contributed by atoms with Crippen LogP contribution in [0.2, 0.25) is 0 Å². The van der Waals surface area contributed by atoms with Crippen molar-refractivity contribution in [2.24, 2.45) is 4.99 Å². The van der Waals surface area contributed by atoms with Crippen molar-refractivity contribution in [1.29, 1.82) is 0 Å². The van der Waals surface area contributed by atoms with Gasteiger partial charge in [0.2, 0.25) is 6.79 Å². The number of hydrogen-bond donors (Lipinski definition) is 2. The first-order chi connectivity index (χ1) is 15.6. The Balaban J connectivity index is 0.00000306. The molecule has 0 spiro atoms. The van der Waals surface area contributed by atoms with E-state index in [4.69, 9.17) is 9.47 Å². The van der Waals surface area contributed by atoms with Crippen LogP contribution in [0, 0.1) is 0 Å². The standard InChI is InChI=1S/C22H23F2N5O3.HI/c1-2-25-22(26-10-15-11-28-29(13-15)17-6-4-3-5-7-17)27-12-16-8-19-20(31-14-30-19)9-18(16)32-21(23)24;/h3-9,11,13,21H,2,10,12,14H2,1H3,(H2,25,26,27);1H. The summed E-state index contributed by atoms with van der Waals surface area (Å²) in [5.41, 5.74) is 2.38. The minimum atomic E-state index is -2.95. The number of alkyl halides is 2. The molecule has 4 rings (SSSR count). The third-order valence-corrected chi connectivity index (χ3v) is 4.64. The van der Waals surface area contributed by atoms with Gasteiger partial charge in [0.1, 0.15) is 5.75 Å². The number of guanidine groups is 1. The minimum absolute atomic E-state index is 0. The molecule has 1 aliphatic heterocycles. The lowest BCUT2D eigenvalue weighted by Crippen LogP contribution is -2.36. The van der Waals surface area contributed by atoms with E-state index in [0.29, 0.717) is 36.1 Å². The second kappa shape index (κ2) is 11.7. The molecule has 11 heteroatoms. The molecule has 2 aromatic carbocycles. The van der Waals surface area contributed by atoms with Crippen molar-refractivity contribution < 1.29 is 23.0 Å². The van der Waals surface area contributed by atoms with Crippen molar-refractivity contribution in [3.63, 3.8) is 0 Å². The Kier molecular flexibility index (Phi) is 8.69. The maximum absolute atomic E-state index is 12.8. The smallest absolute Gasteiger partial charge is 0.387 e. The Morgan fingerprint density at radius 3 is 2.67 bits per heavy atom. The number of halogens is 3. The second-order valence-electron chi connectivity index (χ2n) is 6.87. The van der Waals surface area contributed by atoms with Gasteiger partial charge in [-0.05, 0) is 25.1 Å². The molecule has 0 saturated carbocycles. The lowest BCUT2D eigenvalue weighted by molar-refractivity contribution is -0.0505. The fourth-order valence-corrected chi connectivity index (χ4v) is 3.16. The summed E-state index contributed by atoms with van der Waals surface area (Å²) in [6, 6.07) is 12.8. The molecule has 3 aromatic rings. The predicted octanol–water partition coefficient (Wildman–Crippen LogP) is 4.08. The first-order valence-corrected chi connectivity index (χ1v) is 10.1. The van der Waals surface area contributed by atoms with Crippen LogP contribution in [0.1, 0.15) is 18.1 Å². The van der Waals surface area contributed by atoms with E-state index in [-0.39, 0.29) is 43.1 Å². The monoisotopic (exact) mass is 571 g/mol. The number of hydrogen-bond acceptors (Lipinski definition) is 5. The number of aliphatic imine (C=N–C) groups is 1. The summed E-state index contributed by atoms with van der Waals surface area (Å²) in [6.07, 6.45) is 3.67. The van der Waals surface area contributed by atoms with E-state index >= 15 is 0 Å². The van der Waals surface area contributed by atoms with Crippen molar-refractivity contribution in [2.75, 3.05) is 13.3 Å². The fraction of sp³-hybridized carbons (Fsp3) is 0.273. The Morgan fingerprint density at radius 1 is 1.18 bits per heavy atom. The highest BCUT2D eigenvalue weighted by Crippen LogP contribution is 2.38. The lowest BCUT2D eigenvalue weighted by Gasteiger charge is -2.15. The number of fused-ring (bicyclic) bond motifs is 1. The zero-order valence-corrected chi connectivity index (χ0v) is 20.2. The molecule has 2 heterocycles. The van der Waals surface area contributed by atoms with Crippen LogP contribution in [0.15, 0.2) is 59.9 Å².